The summed E-state index contributed by atoms with van der Waals surface area (Å²) in [5.74, 6) is 0.243. The number of hydrogen-bond donors (Lipinski definition) is 2. The molecular formula is C25H31N3O2. The van der Waals surface area contributed by atoms with Gasteiger partial charge in [-0.25, -0.2) is 0 Å². The number of amides is 1. The third-order valence-electron chi connectivity index (χ3n) is 6.55. The fourth-order valence-electron chi connectivity index (χ4n) is 4.85. The van der Waals surface area contributed by atoms with E-state index in [-0.39, 0.29) is 17.1 Å². The summed E-state index contributed by atoms with van der Waals surface area (Å²) in [5, 5.41) is 13.7. The first-order chi connectivity index (χ1) is 14.5. The molecule has 1 fully saturated rings. The number of rotatable bonds is 4. The highest BCUT2D eigenvalue weighted by molar-refractivity contribution is 5.93. The van der Waals surface area contributed by atoms with Gasteiger partial charge in [0, 0.05) is 24.8 Å². The number of carbonyl (C=O) groups is 1. The van der Waals surface area contributed by atoms with Crippen LogP contribution in [0, 0.1) is 5.41 Å². The predicted molar refractivity (Wildman–Crippen MR) is 120 cm³/mol. The van der Waals surface area contributed by atoms with Crippen molar-refractivity contribution in [3.05, 3.63) is 65.0 Å². The standard InChI is InChI=1S/C25H31N3O2/c1-3-28(4-2)24(30)23-9-7-19(17-27-23)22-16-25(10-5-12-26-13-11-25)15-18-6-8-20(29)14-21(18)22/h6-9,14,16-17,26,29H,3-5,10-13,15H2,1-2H3. The van der Waals surface area contributed by atoms with E-state index in [2.05, 4.69) is 22.4 Å². The van der Waals surface area contributed by atoms with Crippen molar-refractivity contribution in [3.63, 3.8) is 0 Å². The third-order valence-corrected chi connectivity index (χ3v) is 6.55. The number of nitrogens with one attached hydrogen (secondary N) is 1. The van der Waals surface area contributed by atoms with E-state index in [1.165, 1.54) is 5.56 Å². The number of aromatic nitrogens is 1. The molecule has 1 aliphatic carbocycles. The topological polar surface area (TPSA) is 65.5 Å². The molecule has 1 aromatic carbocycles. The summed E-state index contributed by atoms with van der Waals surface area (Å²) in [4.78, 5) is 18.9. The lowest BCUT2D eigenvalue weighted by Gasteiger charge is -2.36. The van der Waals surface area contributed by atoms with Crippen molar-refractivity contribution in [1.29, 1.82) is 0 Å². The maximum absolute atomic E-state index is 12.6. The molecule has 1 atom stereocenters. The Morgan fingerprint density at radius 2 is 2.00 bits per heavy atom. The number of phenols is 1. The second kappa shape index (κ2) is 8.60. The number of nitrogens with zero attached hydrogens (tertiary/aromatic N) is 2. The molecule has 2 N–H and O–H groups in total. The number of fused-ring (bicyclic) bond motifs is 1. The van der Waals surface area contributed by atoms with Crippen LogP contribution in [0.2, 0.25) is 0 Å². The average Bonchev–Trinajstić information content (AvgIpc) is 3.00. The van der Waals surface area contributed by atoms with Crippen molar-refractivity contribution in [1.82, 2.24) is 15.2 Å². The normalized spacial score (nSPS) is 20.9. The number of carbonyl (C=O) groups excluding carboxylic acids is 1. The molecule has 0 bridgehead atoms. The molecule has 1 saturated heterocycles. The Bertz CT molecular complexity index is 937. The molecule has 5 nitrogen and oxygen atoms in total. The molecule has 4 rings (SSSR count). The van der Waals surface area contributed by atoms with Crippen LogP contribution in [0.1, 0.15) is 60.3 Å². The number of pyridine rings is 1. The minimum atomic E-state index is -0.0338. The summed E-state index contributed by atoms with van der Waals surface area (Å²) in [6.45, 7) is 7.39. The maximum Gasteiger partial charge on any atom is 0.272 e. The molecule has 2 heterocycles. The lowest BCUT2D eigenvalue weighted by Crippen LogP contribution is -2.31. The molecule has 1 aliphatic heterocycles. The van der Waals surface area contributed by atoms with Gasteiger partial charge in [0.05, 0.1) is 0 Å². The Labute approximate surface area is 178 Å². The second-order valence-corrected chi connectivity index (χ2v) is 8.45. The minimum absolute atomic E-state index is 0.0338. The number of phenolic OH excluding ortho intramolecular Hbond substituents is 1. The summed E-state index contributed by atoms with van der Waals surface area (Å²) in [6, 6.07) is 9.53. The predicted octanol–water partition coefficient (Wildman–Crippen LogP) is 4.02. The third kappa shape index (κ3) is 3.99. The zero-order valence-corrected chi connectivity index (χ0v) is 17.9. The Kier molecular flexibility index (Phi) is 5.91. The molecule has 1 aromatic heterocycles. The number of benzene rings is 1. The molecule has 1 amide bonds. The SMILES string of the molecule is CCN(CC)C(=O)c1ccc(C2=CC3(CCCNCC3)Cc3ccc(O)cc32)cn1. The van der Waals surface area contributed by atoms with Crippen LogP contribution in [0.4, 0.5) is 0 Å². The Morgan fingerprint density at radius 3 is 2.73 bits per heavy atom. The van der Waals surface area contributed by atoms with E-state index >= 15 is 0 Å². The zero-order chi connectivity index (χ0) is 21.1. The monoisotopic (exact) mass is 405 g/mol. The molecule has 2 aliphatic rings. The van der Waals surface area contributed by atoms with Crippen LogP contribution in [-0.2, 0) is 6.42 Å². The molecule has 2 aromatic rings. The van der Waals surface area contributed by atoms with E-state index in [9.17, 15) is 9.90 Å². The van der Waals surface area contributed by atoms with E-state index in [1.807, 2.05) is 38.2 Å². The van der Waals surface area contributed by atoms with Gasteiger partial charge in [0.1, 0.15) is 11.4 Å². The summed E-state index contributed by atoms with van der Waals surface area (Å²) in [5.41, 5.74) is 5.05. The van der Waals surface area contributed by atoms with Crippen LogP contribution in [0.3, 0.4) is 0 Å². The smallest absolute Gasteiger partial charge is 0.272 e. The first-order valence-corrected chi connectivity index (χ1v) is 11.1. The van der Waals surface area contributed by atoms with Crippen LogP contribution >= 0.6 is 0 Å². The molecule has 5 heteroatoms. The van der Waals surface area contributed by atoms with E-state index in [4.69, 9.17) is 0 Å². The molecule has 1 unspecified atom stereocenters. The lowest BCUT2D eigenvalue weighted by molar-refractivity contribution is 0.0767. The van der Waals surface area contributed by atoms with E-state index in [0.717, 1.165) is 55.5 Å². The quantitative estimate of drug-likeness (QED) is 0.806. The fraction of sp³-hybridized carbons (Fsp3) is 0.440. The molecule has 0 saturated carbocycles. The molecular weight excluding hydrogens is 374 g/mol. The Hall–Kier alpha value is -2.66. The Balaban J connectivity index is 1.74. The van der Waals surface area contributed by atoms with Crippen molar-refractivity contribution >= 4 is 11.5 Å². The minimum Gasteiger partial charge on any atom is -0.508 e. The van der Waals surface area contributed by atoms with Crippen molar-refractivity contribution in [2.75, 3.05) is 26.2 Å². The van der Waals surface area contributed by atoms with Crippen LogP contribution < -0.4 is 5.32 Å². The summed E-state index contributed by atoms with van der Waals surface area (Å²) < 4.78 is 0. The maximum atomic E-state index is 12.6. The van der Waals surface area contributed by atoms with Gasteiger partial charge in [-0.05, 0) is 92.9 Å². The first-order valence-electron chi connectivity index (χ1n) is 11.1. The van der Waals surface area contributed by atoms with Gasteiger partial charge in [-0.15, -0.1) is 0 Å². The van der Waals surface area contributed by atoms with Gasteiger partial charge in [0.15, 0.2) is 0 Å². The lowest BCUT2D eigenvalue weighted by atomic mass is 9.68. The van der Waals surface area contributed by atoms with Gasteiger partial charge < -0.3 is 15.3 Å². The van der Waals surface area contributed by atoms with E-state index < -0.39 is 0 Å². The van der Waals surface area contributed by atoms with Crippen molar-refractivity contribution in [2.45, 2.75) is 39.5 Å². The van der Waals surface area contributed by atoms with Crippen LogP contribution in [0.25, 0.3) is 5.57 Å². The molecule has 0 radical (unpaired) electrons. The number of allylic oxidation sites excluding steroid dienone is 1. The molecule has 30 heavy (non-hydrogen) atoms. The second-order valence-electron chi connectivity index (χ2n) is 8.45. The van der Waals surface area contributed by atoms with Crippen molar-refractivity contribution < 1.29 is 9.90 Å². The zero-order valence-electron chi connectivity index (χ0n) is 17.9. The van der Waals surface area contributed by atoms with E-state index in [0.29, 0.717) is 18.8 Å². The van der Waals surface area contributed by atoms with Gasteiger partial charge >= 0.3 is 0 Å². The van der Waals surface area contributed by atoms with Crippen LogP contribution in [0.5, 0.6) is 5.75 Å². The fourth-order valence-corrected chi connectivity index (χ4v) is 4.85. The van der Waals surface area contributed by atoms with Crippen molar-refractivity contribution in [2.24, 2.45) is 5.41 Å². The van der Waals surface area contributed by atoms with Crippen LogP contribution in [0.15, 0.2) is 42.6 Å². The van der Waals surface area contributed by atoms with Gasteiger partial charge in [-0.2, -0.15) is 0 Å². The van der Waals surface area contributed by atoms with Gasteiger partial charge in [0.25, 0.3) is 5.91 Å². The number of hydrogen-bond acceptors (Lipinski definition) is 4. The van der Waals surface area contributed by atoms with Gasteiger partial charge in [0.2, 0.25) is 0 Å². The highest BCUT2D eigenvalue weighted by Crippen LogP contribution is 2.45. The highest BCUT2D eigenvalue weighted by Gasteiger charge is 2.34. The Morgan fingerprint density at radius 1 is 1.17 bits per heavy atom. The average molecular weight is 406 g/mol. The largest absolute Gasteiger partial charge is 0.508 e. The van der Waals surface area contributed by atoms with Gasteiger partial charge in [-0.1, -0.05) is 18.2 Å². The highest BCUT2D eigenvalue weighted by atomic mass is 16.3. The van der Waals surface area contributed by atoms with E-state index in [1.54, 1.807) is 11.0 Å². The molecule has 158 valence electrons. The molecule has 1 spiro atoms. The number of aromatic hydroxyl groups is 1. The van der Waals surface area contributed by atoms with Crippen molar-refractivity contribution in [3.8, 4) is 5.75 Å². The summed E-state index contributed by atoms with van der Waals surface area (Å²) in [6.07, 6.45) is 8.63. The van der Waals surface area contributed by atoms with Gasteiger partial charge in [-0.3, -0.25) is 9.78 Å². The summed E-state index contributed by atoms with van der Waals surface area (Å²) >= 11 is 0. The summed E-state index contributed by atoms with van der Waals surface area (Å²) in [7, 11) is 0. The first kappa shape index (κ1) is 20.6. The van der Waals surface area contributed by atoms with Crippen LogP contribution in [-0.4, -0.2) is 47.1 Å².